The van der Waals surface area contributed by atoms with Crippen molar-refractivity contribution in [1.29, 1.82) is 0 Å². The Kier molecular flexibility index (Phi) is 7.63. The van der Waals surface area contributed by atoms with Crippen molar-refractivity contribution in [1.82, 2.24) is 4.90 Å². The van der Waals surface area contributed by atoms with E-state index in [0.29, 0.717) is 22.9 Å². The zero-order valence-corrected chi connectivity index (χ0v) is 19.9. The van der Waals surface area contributed by atoms with Gasteiger partial charge in [-0.3, -0.25) is 9.59 Å². The summed E-state index contributed by atoms with van der Waals surface area (Å²) in [5.41, 5.74) is 0.777. The summed E-state index contributed by atoms with van der Waals surface area (Å²) in [6.07, 6.45) is 1.59. The van der Waals surface area contributed by atoms with Crippen molar-refractivity contribution in [2.45, 2.75) is 51.1 Å². The fourth-order valence-electron chi connectivity index (χ4n) is 4.66. The molecule has 170 valence electrons. The van der Waals surface area contributed by atoms with E-state index in [1.54, 1.807) is 30.0 Å². The zero-order valence-electron chi connectivity index (χ0n) is 18.4. The molecule has 1 aliphatic rings. The maximum atomic E-state index is 13.9. The molecule has 1 amide bonds. The number of halogens is 2. The van der Waals surface area contributed by atoms with Crippen molar-refractivity contribution in [3.8, 4) is 0 Å². The van der Waals surface area contributed by atoms with Crippen LogP contribution >= 0.6 is 23.2 Å². The summed E-state index contributed by atoms with van der Waals surface area (Å²) < 4.78 is 4.88. The van der Waals surface area contributed by atoms with Gasteiger partial charge in [-0.15, -0.1) is 0 Å². The van der Waals surface area contributed by atoms with E-state index in [2.05, 4.69) is 0 Å². The Morgan fingerprint density at radius 1 is 1.19 bits per heavy atom. The van der Waals surface area contributed by atoms with Crippen molar-refractivity contribution in [3.63, 3.8) is 0 Å². The van der Waals surface area contributed by atoms with Gasteiger partial charge in [0, 0.05) is 16.0 Å². The van der Waals surface area contributed by atoms with E-state index in [-0.39, 0.29) is 18.2 Å². The average Bonchev–Trinajstić information content (AvgIpc) is 2.78. The molecule has 2 aromatic carbocycles. The van der Waals surface area contributed by atoms with Gasteiger partial charge in [-0.05, 0) is 48.2 Å². The van der Waals surface area contributed by atoms with E-state index in [1.807, 2.05) is 37.3 Å². The standard InChI is InChI=1S/C25H27Cl2NO4/c1-4-20(15-29)28-23(16-8-10-18(26)11-9-16)21(17-6-5-7-19(27)12-17)13-25(2,24(28)31)14-22(30)32-3/h5-12,15,20-21,23H,4,13-14H2,1-3H3/t20-,21+,23+,25-/m0/s1. The zero-order chi connectivity index (χ0) is 23.5. The highest BCUT2D eigenvalue weighted by Gasteiger charge is 2.52. The van der Waals surface area contributed by atoms with Crippen LogP contribution in [0.4, 0.5) is 0 Å². The Bertz CT molecular complexity index is 994. The highest BCUT2D eigenvalue weighted by molar-refractivity contribution is 6.30. The number of aldehydes is 1. The van der Waals surface area contributed by atoms with Crippen molar-refractivity contribution in [2.75, 3.05) is 7.11 Å². The lowest BCUT2D eigenvalue weighted by atomic mass is 9.67. The van der Waals surface area contributed by atoms with Gasteiger partial charge < -0.3 is 14.4 Å². The predicted octanol–water partition coefficient (Wildman–Crippen LogP) is 5.60. The number of amides is 1. The SMILES string of the molecule is CC[C@@H](C=O)N1C(=O)[C@](C)(CC(=O)OC)C[C@H](c2cccc(Cl)c2)[C@H]1c1ccc(Cl)cc1. The number of carbonyl (C=O) groups excluding carboxylic acids is 3. The first kappa shape index (κ1) is 24.3. The summed E-state index contributed by atoms with van der Waals surface area (Å²) in [6.45, 7) is 3.64. The van der Waals surface area contributed by atoms with Crippen molar-refractivity contribution in [2.24, 2.45) is 5.41 Å². The second-order valence-electron chi connectivity index (χ2n) is 8.50. The van der Waals surface area contributed by atoms with E-state index in [0.717, 1.165) is 17.4 Å². The third-order valence-electron chi connectivity index (χ3n) is 6.29. The van der Waals surface area contributed by atoms with Gasteiger partial charge in [0.2, 0.25) is 5.91 Å². The normalized spacial score (nSPS) is 24.2. The van der Waals surface area contributed by atoms with Crippen molar-refractivity contribution >= 4 is 41.4 Å². The highest BCUT2D eigenvalue weighted by Crippen LogP contribution is 2.52. The van der Waals surface area contributed by atoms with Gasteiger partial charge in [0.1, 0.15) is 6.29 Å². The molecule has 0 aromatic heterocycles. The van der Waals surface area contributed by atoms with Crippen molar-refractivity contribution < 1.29 is 19.1 Å². The van der Waals surface area contributed by atoms with Gasteiger partial charge in [-0.25, -0.2) is 0 Å². The molecule has 4 atom stereocenters. The summed E-state index contributed by atoms with van der Waals surface area (Å²) in [5, 5.41) is 1.16. The van der Waals surface area contributed by atoms with Crippen LogP contribution < -0.4 is 0 Å². The van der Waals surface area contributed by atoms with Crippen LogP contribution in [0.1, 0.15) is 56.2 Å². The quantitative estimate of drug-likeness (QED) is 0.386. The van der Waals surface area contributed by atoms with E-state index in [4.69, 9.17) is 27.9 Å². The number of nitrogens with zero attached hydrogens (tertiary/aromatic N) is 1. The average molecular weight is 476 g/mol. The van der Waals surface area contributed by atoms with E-state index >= 15 is 0 Å². The minimum absolute atomic E-state index is 0.0709. The molecule has 0 saturated carbocycles. The van der Waals surface area contributed by atoms with Crippen LogP contribution in [0.25, 0.3) is 0 Å². The smallest absolute Gasteiger partial charge is 0.306 e. The molecule has 1 saturated heterocycles. The summed E-state index contributed by atoms with van der Waals surface area (Å²) in [7, 11) is 1.31. The van der Waals surface area contributed by atoms with Crippen LogP contribution in [0.2, 0.25) is 10.0 Å². The molecule has 1 heterocycles. The van der Waals surface area contributed by atoms with E-state index in [1.165, 1.54) is 7.11 Å². The number of rotatable bonds is 7. The molecule has 1 aliphatic heterocycles. The Labute approximate surface area is 198 Å². The molecule has 7 heteroatoms. The molecule has 2 aromatic rings. The molecular weight excluding hydrogens is 449 g/mol. The molecule has 32 heavy (non-hydrogen) atoms. The Hall–Kier alpha value is -2.37. The van der Waals surface area contributed by atoms with Gasteiger partial charge in [0.05, 0.1) is 31.0 Å². The molecule has 5 nitrogen and oxygen atoms in total. The van der Waals surface area contributed by atoms with Crippen LogP contribution in [-0.4, -0.2) is 36.2 Å². The topological polar surface area (TPSA) is 63.7 Å². The number of likely N-dealkylation sites (tertiary alicyclic amines) is 1. The Balaban J connectivity index is 2.22. The fraction of sp³-hybridized carbons (Fsp3) is 0.400. The molecule has 0 radical (unpaired) electrons. The van der Waals surface area contributed by atoms with Crippen LogP contribution in [0.15, 0.2) is 48.5 Å². The van der Waals surface area contributed by atoms with Crippen LogP contribution in [0, 0.1) is 5.41 Å². The lowest BCUT2D eigenvalue weighted by Gasteiger charge is -2.50. The van der Waals surface area contributed by atoms with E-state index in [9.17, 15) is 14.4 Å². The van der Waals surface area contributed by atoms with Gasteiger partial charge in [-0.2, -0.15) is 0 Å². The summed E-state index contributed by atoms with van der Waals surface area (Å²) in [4.78, 5) is 39.8. The number of benzene rings is 2. The minimum Gasteiger partial charge on any atom is -0.469 e. The number of hydrogen-bond acceptors (Lipinski definition) is 4. The number of ether oxygens (including phenoxy) is 1. The van der Waals surface area contributed by atoms with Gasteiger partial charge in [0.25, 0.3) is 0 Å². The number of hydrogen-bond donors (Lipinski definition) is 0. The second-order valence-corrected chi connectivity index (χ2v) is 9.37. The lowest BCUT2D eigenvalue weighted by Crippen LogP contribution is -2.56. The predicted molar refractivity (Wildman–Crippen MR) is 125 cm³/mol. The largest absolute Gasteiger partial charge is 0.469 e. The minimum atomic E-state index is -1.03. The number of piperidine rings is 1. The lowest BCUT2D eigenvalue weighted by molar-refractivity contribution is -0.162. The van der Waals surface area contributed by atoms with E-state index < -0.39 is 23.5 Å². The summed E-state index contributed by atoms with van der Waals surface area (Å²) in [5.74, 6) is -0.897. The number of methoxy groups -OCH3 is 1. The first-order valence-electron chi connectivity index (χ1n) is 10.6. The second kappa shape index (κ2) is 10.1. The monoisotopic (exact) mass is 475 g/mol. The maximum Gasteiger partial charge on any atom is 0.306 e. The molecule has 0 N–H and O–H groups in total. The fourth-order valence-corrected chi connectivity index (χ4v) is 4.99. The molecule has 0 aliphatic carbocycles. The third-order valence-corrected chi connectivity index (χ3v) is 6.77. The Morgan fingerprint density at radius 3 is 2.44 bits per heavy atom. The van der Waals surface area contributed by atoms with Crippen LogP contribution in [-0.2, 0) is 19.1 Å². The number of esters is 1. The van der Waals surface area contributed by atoms with Gasteiger partial charge in [0.15, 0.2) is 0 Å². The molecule has 3 rings (SSSR count). The number of carbonyl (C=O) groups is 3. The molecule has 0 unspecified atom stereocenters. The van der Waals surface area contributed by atoms with Crippen LogP contribution in [0.5, 0.6) is 0 Å². The van der Waals surface area contributed by atoms with Crippen molar-refractivity contribution in [3.05, 3.63) is 69.7 Å². The molecular formula is C25H27Cl2NO4. The molecule has 1 fully saturated rings. The Morgan fingerprint density at radius 2 is 1.88 bits per heavy atom. The van der Waals surface area contributed by atoms with Crippen LogP contribution in [0.3, 0.4) is 0 Å². The summed E-state index contributed by atoms with van der Waals surface area (Å²) in [6, 6.07) is 13.8. The first-order chi connectivity index (χ1) is 15.2. The van der Waals surface area contributed by atoms with Gasteiger partial charge in [-0.1, -0.05) is 61.3 Å². The van der Waals surface area contributed by atoms with Gasteiger partial charge >= 0.3 is 5.97 Å². The first-order valence-corrected chi connectivity index (χ1v) is 11.4. The molecule has 0 bridgehead atoms. The highest BCUT2D eigenvalue weighted by atomic mass is 35.5. The maximum absolute atomic E-state index is 13.9. The summed E-state index contributed by atoms with van der Waals surface area (Å²) >= 11 is 12.4. The third kappa shape index (κ3) is 4.84. The molecule has 0 spiro atoms.